The predicted molar refractivity (Wildman–Crippen MR) is 65.2 cm³/mol. The zero-order valence-corrected chi connectivity index (χ0v) is 10.5. The second-order valence-corrected chi connectivity index (χ2v) is 4.36. The largest absolute Gasteiger partial charge is 0.336 e. The number of carbonyl (C=O) groups excluding carboxylic acids is 2. The van der Waals surface area contributed by atoms with E-state index in [9.17, 15) is 9.59 Å². The van der Waals surface area contributed by atoms with E-state index in [4.69, 9.17) is 0 Å². The quantitative estimate of drug-likeness (QED) is 0.730. The van der Waals surface area contributed by atoms with Crippen LogP contribution in [0.2, 0.25) is 0 Å². The maximum Gasteiger partial charge on any atom is 0.230 e. The smallest absolute Gasteiger partial charge is 0.230 e. The van der Waals surface area contributed by atoms with E-state index in [0.29, 0.717) is 6.54 Å². The maximum absolute atomic E-state index is 11.9. The van der Waals surface area contributed by atoms with Gasteiger partial charge in [-0.2, -0.15) is 0 Å². The molecule has 0 aliphatic heterocycles. The molecule has 1 amide bonds. The first-order valence-corrected chi connectivity index (χ1v) is 5.68. The van der Waals surface area contributed by atoms with Gasteiger partial charge in [-0.25, -0.2) is 0 Å². The van der Waals surface area contributed by atoms with Crippen LogP contribution in [0.25, 0.3) is 0 Å². The minimum Gasteiger partial charge on any atom is -0.336 e. The molecule has 0 radical (unpaired) electrons. The molecule has 0 aromatic carbocycles. The Hall–Kier alpha value is -1.71. The van der Waals surface area contributed by atoms with E-state index < -0.39 is 0 Å². The van der Waals surface area contributed by atoms with Crippen LogP contribution in [0.4, 0.5) is 0 Å². The summed E-state index contributed by atoms with van der Waals surface area (Å²) in [7, 11) is 0. The van der Waals surface area contributed by atoms with Crippen LogP contribution in [0, 0.1) is 0 Å². The number of aromatic nitrogens is 1. The number of hydrogen-bond donors (Lipinski definition) is 0. The van der Waals surface area contributed by atoms with Gasteiger partial charge in [-0.15, -0.1) is 0 Å². The Kier molecular flexibility index (Phi) is 4.82. The van der Waals surface area contributed by atoms with Gasteiger partial charge in [-0.05, 0) is 32.4 Å². The van der Waals surface area contributed by atoms with Gasteiger partial charge in [0, 0.05) is 25.0 Å². The highest BCUT2D eigenvalue weighted by molar-refractivity contribution is 5.96. The Morgan fingerprint density at radius 1 is 1.41 bits per heavy atom. The number of amides is 1. The molecule has 0 fully saturated rings. The number of carbonyl (C=O) groups is 2. The van der Waals surface area contributed by atoms with Gasteiger partial charge >= 0.3 is 0 Å². The Morgan fingerprint density at radius 3 is 2.59 bits per heavy atom. The van der Waals surface area contributed by atoms with E-state index in [2.05, 4.69) is 4.98 Å². The summed E-state index contributed by atoms with van der Waals surface area (Å²) in [4.78, 5) is 28.6. The first kappa shape index (κ1) is 13.4. The number of nitrogens with zero attached hydrogens (tertiary/aromatic N) is 2. The van der Waals surface area contributed by atoms with Crippen LogP contribution in [0.15, 0.2) is 24.5 Å². The molecule has 1 aromatic rings. The fourth-order valence-corrected chi connectivity index (χ4v) is 1.56. The van der Waals surface area contributed by atoms with Gasteiger partial charge < -0.3 is 4.90 Å². The van der Waals surface area contributed by atoms with E-state index in [-0.39, 0.29) is 24.2 Å². The lowest BCUT2D eigenvalue weighted by Crippen LogP contribution is -2.37. The molecule has 4 nitrogen and oxygen atoms in total. The number of ketones is 1. The second kappa shape index (κ2) is 6.13. The van der Waals surface area contributed by atoms with E-state index in [1.54, 1.807) is 17.3 Å². The fourth-order valence-electron chi connectivity index (χ4n) is 1.56. The van der Waals surface area contributed by atoms with Crippen LogP contribution in [-0.2, 0) is 16.1 Å². The van der Waals surface area contributed by atoms with Gasteiger partial charge in [0.25, 0.3) is 0 Å². The highest BCUT2D eigenvalue weighted by atomic mass is 16.2. The summed E-state index contributed by atoms with van der Waals surface area (Å²) in [5.41, 5.74) is 0.970. The van der Waals surface area contributed by atoms with Crippen LogP contribution in [0.1, 0.15) is 32.8 Å². The van der Waals surface area contributed by atoms with Gasteiger partial charge in [0.15, 0.2) is 0 Å². The summed E-state index contributed by atoms with van der Waals surface area (Å²) >= 11 is 0. The summed E-state index contributed by atoms with van der Waals surface area (Å²) in [5, 5.41) is 0. The zero-order chi connectivity index (χ0) is 12.8. The lowest BCUT2D eigenvalue weighted by Gasteiger charge is -2.26. The number of pyridine rings is 1. The Morgan fingerprint density at radius 2 is 2.12 bits per heavy atom. The molecule has 4 heteroatoms. The molecule has 0 unspecified atom stereocenters. The van der Waals surface area contributed by atoms with Crippen molar-refractivity contribution in [3.63, 3.8) is 0 Å². The lowest BCUT2D eigenvalue weighted by atomic mass is 10.2. The molecule has 0 bridgehead atoms. The lowest BCUT2D eigenvalue weighted by molar-refractivity contribution is -0.136. The minimum atomic E-state index is -0.128. The molecular formula is C13H18N2O2. The molecule has 92 valence electrons. The normalized spacial score (nSPS) is 10.4. The van der Waals surface area contributed by atoms with Gasteiger partial charge in [-0.3, -0.25) is 14.6 Å². The monoisotopic (exact) mass is 234 g/mol. The van der Waals surface area contributed by atoms with Crippen molar-refractivity contribution in [3.05, 3.63) is 30.1 Å². The highest BCUT2D eigenvalue weighted by Crippen LogP contribution is 2.09. The van der Waals surface area contributed by atoms with Gasteiger partial charge in [0.05, 0.1) is 6.42 Å². The Balaban J connectivity index is 2.73. The van der Waals surface area contributed by atoms with Gasteiger partial charge in [-0.1, -0.05) is 6.07 Å². The molecule has 17 heavy (non-hydrogen) atoms. The molecule has 0 saturated heterocycles. The Labute approximate surface area is 102 Å². The maximum atomic E-state index is 11.9. The van der Waals surface area contributed by atoms with Crippen LogP contribution in [-0.4, -0.2) is 27.6 Å². The average molecular weight is 234 g/mol. The summed E-state index contributed by atoms with van der Waals surface area (Å²) < 4.78 is 0. The fraction of sp³-hybridized carbons (Fsp3) is 0.462. The van der Waals surface area contributed by atoms with Crippen LogP contribution >= 0.6 is 0 Å². The van der Waals surface area contributed by atoms with Crippen molar-refractivity contribution in [2.45, 2.75) is 39.8 Å². The van der Waals surface area contributed by atoms with E-state index in [0.717, 1.165) is 5.56 Å². The molecule has 0 atom stereocenters. The van der Waals surface area contributed by atoms with Crippen molar-refractivity contribution in [1.29, 1.82) is 0 Å². The summed E-state index contributed by atoms with van der Waals surface area (Å²) in [6.45, 7) is 5.81. The third kappa shape index (κ3) is 4.34. The minimum absolute atomic E-state index is 0.0293. The van der Waals surface area contributed by atoms with Gasteiger partial charge in [0.1, 0.15) is 5.78 Å². The second-order valence-electron chi connectivity index (χ2n) is 4.36. The SMILES string of the molecule is CC(=O)CC(=O)N(Cc1cccnc1)C(C)C. The first-order chi connectivity index (χ1) is 8.00. The molecule has 0 aliphatic rings. The van der Waals surface area contributed by atoms with Gasteiger partial charge in [0.2, 0.25) is 5.91 Å². The average Bonchev–Trinajstić information content (AvgIpc) is 2.25. The van der Waals surface area contributed by atoms with Crippen LogP contribution in [0.3, 0.4) is 0 Å². The molecule has 0 saturated carbocycles. The van der Waals surface area contributed by atoms with E-state index in [1.807, 2.05) is 26.0 Å². The topological polar surface area (TPSA) is 50.3 Å². The van der Waals surface area contributed by atoms with Crippen molar-refractivity contribution in [2.24, 2.45) is 0 Å². The number of Topliss-reactive ketones (excluding diaryl/α,β-unsaturated/α-hetero) is 1. The predicted octanol–water partition coefficient (Wildman–Crippen LogP) is 1.80. The first-order valence-electron chi connectivity index (χ1n) is 5.68. The van der Waals surface area contributed by atoms with Crippen molar-refractivity contribution in [3.8, 4) is 0 Å². The van der Waals surface area contributed by atoms with E-state index in [1.165, 1.54) is 6.92 Å². The standard InChI is InChI=1S/C13H18N2O2/c1-10(2)15(13(17)7-11(3)16)9-12-5-4-6-14-8-12/h4-6,8,10H,7,9H2,1-3H3. The molecule has 1 heterocycles. The summed E-state index contributed by atoms with van der Waals surface area (Å²) in [5.74, 6) is -0.233. The van der Waals surface area contributed by atoms with Crippen molar-refractivity contribution in [2.75, 3.05) is 0 Å². The summed E-state index contributed by atoms with van der Waals surface area (Å²) in [6.07, 6.45) is 3.40. The third-order valence-electron chi connectivity index (χ3n) is 2.42. The third-order valence-corrected chi connectivity index (χ3v) is 2.42. The van der Waals surface area contributed by atoms with Crippen molar-refractivity contribution < 1.29 is 9.59 Å². The highest BCUT2D eigenvalue weighted by Gasteiger charge is 2.18. The van der Waals surface area contributed by atoms with Crippen molar-refractivity contribution >= 4 is 11.7 Å². The number of hydrogen-bond acceptors (Lipinski definition) is 3. The molecule has 1 rings (SSSR count). The Bertz CT molecular complexity index is 388. The summed E-state index contributed by atoms with van der Waals surface area (Å²) in [6, 6.07) is 3.83. The van der Waals surface area contributed by atoms with E-state index >= 15 is 0 Å². The molecule has 0 spiro atoms. The molecule has 0 N–H and O–H groups in total. The zero-order valence-electron chi connectivity index (χ0n) is 10.5. The molecule has 1 aromatic heterocycles. The molecular weight excluding hydrogens is 216 g/mol. The van der Waals surface area contributed by atoms with Crippen molar-refractivity contribution in [1.82, 2.24) is 9.88 Å². The molecule has 0 aliphatic carbocycles. The number of rotatable bonds is 5. The van der Waals surface area contributed by atoms with Crippen LogP contribution < -0.4 is 0 Å². The van der Waals surface area contributed by atoms with Crippen LogP contribution in [0.5, 0.6) is 0 Å².